The van der Waals surface area contributed by atoms with Crippen molar-refractivity contribution in [1.82, 2.24) is 10.2 Å². The SMILES string of the molecule is CCN(Cc1ccccc1)C(=O)c1cccc(C(=O)NC2CCCCCC2)c1. The third kappa shape index (κ3) is 5.44. The van der Waals surface area contributed by atoms with E-state index in [1.807, 2.05) is 37.3 Å². The molecule has 0 spiro atoms. The van der Waals surface area contributed by atoms with Crippen molar-refractivity contribution >= 4 is 11.8 Å². The molecule has 148 valence electrons. The summed E-state index contributed by atoms with van der Waals surface area (Å²) < 4.78 is 0. The zero-order valence-electron chi connectivity index (χ0n) is 16.7. The molecule has 0 aromatic heterocycles. The highest BCUT2D eigenvalue weighted by Gasteiger charge is 2.19. The maximum Gasteiger partial charge on any atom is 0.254 e. The van der Waals surface area contributed by atoms with Crippen molar-refractivity contribution < 1.29 is 9.59 Å². The van der Waals surface area contributed by atoms with Crippen LogP contribution < -0.4 is 5.32 Å². The summed E-state index contributed by atoms with van der Waals surface area (Å²) in [6.07, 6.45) is 6.95. The summed E-state index contributed by atoms with van der Waals surface area (Å²) in [6.45, 7) is 3.16. The van der Waals surface area contributed by atoms with Crippen molar-refractivity contribution in [3.05, 3.63) is 71.3 Å². The van der Waals surface area contributed by atoms with Gasteiger partial charge in [0.1, 0.15) is 0 Å². The van der Waals surface area contributed by atoms with Gasteiger partial charge in [-0.1, -0.05) is 62.1 Å². The molecule has 4 nitrogen and oxygen atoms in total. The van der Waals surface area contributed by atoms with Crippen molar-refractivity contribution in [2.24, 2.45) is 0 Å². The first-order valence-electron chi connectivity index (χ1n) is 10.4. The van der Waals surface area contributed by atoms with Crippen LogP contribution in [0.4, 0.5) is 0 Å². The normalized spacial score (nSPS) is 14.9. The van der Waals surface area contributed by atoms with Crippen LogP contribution in [0.25, 0.3) is 0 Å². The minimum Gasteiger partial charge on any atom is -0.349 e. The predicted molar refractivity (Wildman–Crippen MR) is 112 cm³/mol. The molecule has 3 rings (SSSR count). The molecular formula is C24H30N2O2. The minimum atomic E-state index is -0.0762. The highest BCUT2D eigenvalue weighted by molar-refractivity contribution is 5.99. The van der Waals surface area contributed by atoms with Gasteiger partial charge in [0.25, 0.3) is 11.8 Å². The maximum absolute atomic E-state index is 13.0. The molecule has 1 saturated carbocycles. The number of hydrogen-bond acceptors (Lipinski definition) is 2. The van der Waals surface area contributed by atoms with Gasteiger partial charge in [0.05, 0.1) is 0 Å². The number of nitrogens with one attached hydrogen (secondary N) is 1. The Morgan fingerprint density at radius 3 is 2.29 bits per heavy atom. The highest BCUT2D eigenvalue weighted by Crippen LogP contribution is 2.18. The summed E-state index contributed by atoms with van der Waals surface area (Å²) in [7, 11) is 0. The van der Waals surface area contributed by atoms with E-state index in [1.165, 1.54) is 25.7 Å². The molecule has 4 heteroatoms. The van der Waals surface area contributed by atoms with E-state index in [0.29, 0.717) is 24.2 Å². The average molecular weight is 379 g/mol. The Balaban J connectivity index is 1.68. The van der Waals surface area contributed by atoms with Gasteiger partial charge in [-0.3, -0.25) is 9.59 Å². The summed E-state index contributed by atoms with van der Waals surface area (Å²) in [5.74, 6) is -0.122. The quantitative estimate of drug-likeness (QED) is 0.734. The zero-order chi connectivity index (χ0) is 19.8. The Kier molecular flexibility index (Phi) is 7.24. The monoisotopic (exact) mass is 378 g/mol. The number of benzene rings is 2. The first-order chi connectivity index (χ1) is 13.7. The number of carbonyl (C=O) groups excluding carboxylic acids is 2. The molecule has 1 aliphatic carbocycles. The first-order valence-corrected chi connectivity index (χ1v) is 10.4. The van der Waals surface area contributed by atoms with Crippen LogP contribution in [0.15, 0.2) is 54.6 Å². The molecule has 1 aliphatic rings. The molecule has 0 unspecified atom stereocenters. The lowest BCUT2D eigenvalue weighted by atomic mass is 10.1. The second-order valence-electron chi connectivity index (χ2n) is 7.55. The van der Waals surface area contributed by atoms with Gasteiger partial charge < -0.3 is 10.2 Å². The Bertz CT molecular complexity index is 780. The molecule has 0 saturated heterocycles. The summed E-state index contributed by atoms with van der Waals surface area (Å²) in [5.41, 5.74) is 2.22. The van der Waals surface area contributed by atoms with Crippen molar-refractivity contribution in [3.63, 3.8) is 0 Å². The van der Waals surface area contributed by atoms with E-state index < -0.39 is 0 Å². The smallest absolute Gasteiger partial charge is 0.254 e. The molecule has 1 N–H and O–H groups in total. The van der Waals surface area contributed by atoms with Crippen LogP contribution in [0, 0.1) is 0 Å². The number of rotatable bonds is 6. The molecule has 0 aliphatic heterocycles. The topological polar surface area (TPSA) is 49.4 Å². The first kappa shape index (κ1) is 20.1. The molecule has 2 aromatic rings. The Morgan fingerprint density at radius 2 is 1.61 bits per heavy atom. The van der Waals surface area contributed by atoms with E-state index in [1.54, 1.807) is 29.2 Å². The number of amides is 2. The van der Waals surface area contributed by atoms with Crippen molar-refractivity contribution in [1.29, 1.82) is 0 Å². The summed E-state index contributed by atoms with van der Waals surface area (Å²) >= 11 is 0. The van der Waals surface area contributed by atoms with Crippen molar-refractivity contribution in [3.8, 4) is 0 Å². The van der Waals surface area contributed by atoms with Gasteiger partial charge in [-0.15, -0.1) is 0 Å². The molecule has 2 amide bonds. The highest BCUT2D eigenvalue weighted by atomic mass is 16.2. The van der Waals surface area contributed by atoms with Crippen LogP contribution in [0.3, 0.4) is 0 Å². The zero-order valence-corrected chi connectivity index (χ0v) is 16.7. The molecule has 1 fully saturated rings. The van der Waals surface area contributed by atoms with E-state index in [0.717, 1.165) is 18.4 Å². The van der Waals surface area contributed by atoms with Gasteiger partial charge in [0, 0.05) is 30.3 Å². The van der Waals surface area contributed by atoms with E-state index in [4.69, 9.17) is 0 Å². The summed E-state index contributed by atoms with van der Waals surface area (Å²) in [6, 6.07) is 17.3. The molecule has 0 atom stereocenters. The minimum absolute atomic E-state index is 0.0459. The molecule has 0 bridgehead atoms. The van der Waals surface area contributed by atoms with Crippen molar-refractivity contribution in [2.45, 2.75) is 58.0 Å². The summed E-state index contributed by atoms with van der Waals surface area (Å²) in [5, 5.41) is 3.16. The third-order valence-corrected chi connectivity index (χ3v) is 5.45. The van der Waals surface area contributed by atoms with Crippen LogP contribution >= 0.6 is 0 Å². The standard InChI is InChI=1S/C24H30N2O2/c1-2-26(18-19-11-6-5-7-12-19)24(28)21-14-10-13-20(17-21)23(27)25-22-15-8-3-4-9-16-22/h5-7,10-14,17,22H,2-4,8-9,15-16,18H2,1H3,(H,25,27). The van der Waals surface area contributed by atoms with E-state index in [9.17, 15) is 9.59 Å². The van der Waals surface area contributed by atoms with E-state index >= 15 is 0 Å². The van der Waals surface area contributed by atoms with E-state index in [2.05, 4.69) is 5.32 Å². The van der Waals surface area contributed by atoms with Gasteiger partial charge in [-0.25, -0.2) is 0 Å². The fourth-order valence-corrected chi connectivity index (χ4v) is 3.80. The maximum atomic E-state index is 13.0. The number of nitrogens with zero attached hydrogens (tertiary/aromatic N) is 1. The van der Waals surface area contributed by atoms with Crippen LogP contribution in [0.5, 0.6) is 0 Å². The predicted octanol–water partition coefficient (Wildman–Crippen LogP) is 4.80. The van der Waals surface area contributed by atoms with Gasteiger partial charge in [-0.05, 0) is 43.5 Å². The van der Waals surface area contributed by atoms with Crippen LogP contribution in [0.2, 0.25) is 0 Å². The number of hydrogen-bond donors (Lipinski definition) is 1. The lowest BCUT2D eigenvalue weighted by molar-refractivity contribution is 0.0752. The second-order valence-corrected chi connectivity index (χ2v) is 7.55. The molecular weight excluding hydrogens is 348 g/mol. The lowest BCUT2D eigenvalue weighted by Crippen LogP contribution is -2.34. The molecule has 0 heterocycles. The summed E-state index contributed by atoms with van der Waals surface area (Å²) in [4.78, 5) is 27.5. The molecule has 28 heavy (non-hydrogen) atoms. The fourth-order valence-electron chi connectivity index (χ4n) is 3.80. The largest absolute Gasteiger partial charge is 0.349 e. The van der Waals surface area contributed by atoms with Gasteiger partial charge in [0.2, 0.25) is 0 Å². The second kappa shape index (κ2) is 10.1. The van der Waals surface area contributed by atoms with Crippen LogP contribution in [-0.4, -0.2) is 29.3 Å². The van der Waals surface area contributed by atoms with Crippen LogP contribution in [-0.2, 0) is 6.54 Å². The van der Waals surface area contributed by atoms with Gasteiger partial charge in [-0.2, -0.15) is 0 Å². The molecule has 2 aromatic carbocycles. The Hall–Kier alpha value is -2.62. The number of carbonyl (C=O) groups is 2. The van der Waals surface area contributed by atoms with Crippen molar-refractivity contribution in [2.75, 3.05) is 6.54 Å². The fraction of sp³-hybridized carbons (Fsp3) is 0.417. The third-order valence-electron chi connectivity index (χ3n) is 5.45. The average Bonchev–Trinajstić information content (AvgIpc) is 3.01. The molecule has 0 radical (unpaired) electrons. The lowest BCUT2D eigenvalue weighted by Gasteiger charge is -2.21. The van der Waals surface area contributed by atoms with Gasteiger partial charge >= 0.3 is 0 Å². The Labute approximate surface area is 167 Å². The van der Waals surface area contributed by atoms with E-state index in [-0.39, 0.29) is 17.9 Å². The van der Waals surface area contributed by atoms with Crippen LogP contribution in [0.1, 0.15) is 71.7 Å². The Morgan fingerprint density at radius 1 is 0.929 bits per heavy atom. The van der Waals surface area contributed by atoms with Gasteiger partial charge in [0.15, 0.2) is 0 Å².